The van der Waals surface area contributed by atoms with Crippen molar-refractivity contribution in [3.63, 3.8) is 0 Å². The predicted octanol–water partition coefficient (Wildman–Crippen LogP) is -0.354. The van der Waals surface area contributed by atoms with Crippen molar-refractivity contribution in [2.75, 3.05) is 32.0 Å². The molecule has 10 heteroatoms. The second-order valence-corrected chi connectivity index (χ2v) is 6.68. The van der Waals surface area contributed by atoms with Gasteiger partial charge in [-0.1, -0.05) is 19.4 Å². The Labute approximate surface area is 155 Å². The Morgan fingerprint density at radius 3 is 2.89 bits per heavy atom. The summed E-state index contributed by atoms with van der Waals surface area (Å²) in [6.07, 6.45) is 2.47. The van der Waals surface area contributed by atoms with Crippen molar-refractivity contribution in [2.24, 2.45) is 0 Å². The molecule has 3 rings (SSSR count). The largest absolute Gasteiger partial charge is 0.394 e. The fourth-order valence-electron chi connectivity index (χ4n) is 3.46. The molecule has 2 aromatic heterocycles. The van der Waals surface area contributed by atoms with Crippen LogP contribution < -0.4 is 17.0 Å². The maximum atomic E-state index is 13.0. The van der Waals surface area contributed by atoms with Gasteiger partial charge in [-0.25, -0.2) is 9.36 Å². The molecule has 0 radical (unpaired) electrons. The Morgan fingerprint density at radius 2 is 2.22 bits per heavy atom. The first-order valence-electron chi connectivity index (χ1n) is 9.10. The number of aromatic amines is 1. The van der Waals surface area contributed by atoms with Crippen molar-refractivity contribution < 1.29 is 9.84 Å². The topological polar surface area (TPSA) is 131 Å². The first kappa shape index (κ1) is 19.3. The Balaban J connectivity index is 2.12. The number of unbranched alkanes of at least 4 members (excludes halogenated alkanes) is 1. The molecule has 3 heterocycles. The van der Waals surface area contributed by atoms with Gasteiger partial charge in [0.25, 0.3) is 5.56 Å². The molecule has 1 aliphatic rings. The molecule has 2 unspecified atom stereocenters. The highest BCUT2D eigenvalue weighted by atomic mass is 16.5. The second-order valence-electron chi connectivity index (χ2n) is 6.68. The number of aliphatic hydroxyl groups is 1. The molecule has 10 nitrogen and oxygen atoms in total. The summed E-state index contributed by atoms with van der Waals surface area (Å²) in [6, 6.07) is 0. The predicted molar refractivity (Wildman–Crippen MR) is 102 cm³/mol. The molecule has 1 fully saturated rings. The molecule has 0 bridgehead atoms. The minimum Gasteiger partial charge on any atom is -0.394 e. The number of allylic oxidation sites excluding steroid dienone is 1. The van der Waals surface area contributed by atoms with E-state index in [0.717, 1.165) is 19.4 Å². The van der Waals surface area contributed by atoms with Crippen molar-refractivity contribution >= 4 is 17.1 Å². The number of rotatable bonds is 7. The van der Waals surface area contributed by atoms with Crippen LogP contribution in [0.4, 0.5) is 5.95 Å². The first-order chi connectivity index (χ1) is 13.0. The van der Waals surface area contributed by atoms with E-state index in [1.807, 2.05) is 0 Å². The number of imidazole rings is 1. The van der Waals surface area contributed by atoms with Gasteiger partial charge in [0.15, 0.2) is 17.4 Å². The van der Waals surface area contributed by atoms with E-state index in [0.29, 0.717) is 13.1 Å². The summed E-state index contributed by atoms with van der Waals surface area (Å²) in [4.78, 5) is 34.2. The molecule has 27 heavy (non-hydrogen) atoms. The minimum atomic E-state index is -0.678. The maximum absolute atomic E-state index is 13.0. The average Bonchev–Trinajstić information content (AvgIpc) is 2.91. The zero-order chi connectivity index (χ0) is 19.6. The number of H-pyrrole nitrogens is 1. The number of anilines is 1. The van der Waals surface area contributed by atoms with E-state index in [1.165, 1.54) is 15.2 Å². The van der Waals surface area contributed by atoms with E-state index in [-0.39, 0.29) is 30.3 Å². The summed E-state index contributed by atoms with van der Waals surface area (Å²) in [5, 5.41) is 9.61. The van der Waals surface area contributed by atoms with Gasteiger partial charge in [-0.15, -0.1) is 6.58 Å². The van der Waals surface area contributed by atoms with Crippen LogP contribution in [0.1, 0.15) is 26.0 Å². The van der Waals surface area contributed by atoms with Crippen molar-refractivity contribution in [2.45, 2.75) is 38.6 Å². The monoisotopic (exact) mass is 378 g/mol. The quantitative estimate of drug-likeness (QED) is 0.561. The molecular weight excluding hydrogens is 352 g/mol. The van der Waals surface area contributed by atoms with Crippen LogP contribution >= 0.6 is 0 Å². The summed E-state index contributed by atoms with van der Waals surface area (Å²) in [5.41, 5.74) is 5.08. The van der Waals surface area contributed by atoms with E-state index in [2.05, 4.69) is 28.4 Å². The van der Waals surface area contributed by atoms with Gasteiger partial charge < -0.3 is 15.6 Å². The number of nitrogens with two attached hydrogens (primary N) is 1. The van der Waals surface area contributed by atoms with Crippen LogP contribution in [0.15, 0.2) is 22.2 Å². The number of nitrogens with zero attached hydrogens (tertiary/aromatic N) is 4. The number of morpholine rings is 1. The molecule has 0 aliphatic carbocycles. The summed E-state index contributed by atoms with van der Waals surface area (Å²) in [6.45, 7) is 7.63. The van der Waals surface area contributed by atoms with Gasteiger partial charge in [-0.3, -0.25) is 19.2 Å². The minimum absolute atomic E-state index is 0.0747. The third kappa shape index (κ3) is 3.68. The molecular formula is C17H26N6O4. The van der Waals surface area contributed by atoms with E-state index in [9.17, 15) is 14.7 Å². The molecule has 1 aliphatic heterocycles. The Bertz CT molecular complexity index is 930. The number of hydrogen-bond donors (Lipinski definition) is 3. The second kappa shape index (κ2) is 8.07. The number of aliphatic hydroxyl groups excluding tert-OH is 1. The van der Waals surface area contributed by atoms with Crippen LogP contribution in [0, 0.1) is 0 Å². The van der Waals surface area contributed by atoms with Crippen LogP contribution in [-0.4, -0.2) is 61.5 Å². The molecule has 0 saturated carbocycles. The normalized spacial score (nSPS) is 21.0. The highest BCUT2D eigenvalue weighted by molar-refractivity contribution is 5.71. The molecule has 0 amide bonds. The van der Waals surface area contributed by atoms with Crippen molar-refractivity contribution in [1.82, 2.24) is 24.0 Å². The number of aromatic nitrogens is 4. The lowest BCUT2D eigenvalue weighted by molar-refractivity contribution is -0.134. The smallest absolute Gasteiger partial charge is 0.332 e. The summed E-state index contributed by atoms with van der Waals surface area (Å²) in [7, 11) is 0. The SMILES string of the molecule is C=CCn1c(=O)n(C2CN(CCCC)CC(CO)O2)c2nc(N)[nH]c(=O)c21. The van der Waals surface area contributed by atoms with E-state index in [1.54, 1.807) is 0 Å². The van der Waals surface area contributed by atoms with E-state index >= 15 is 0 Å². The lowest BCUT2D eigenvalue weighted by Crippen LogP contribution is -2.49. The van der Waals surface area contributed by atoms with Crippen molar-refractivity contribution in [1.29, 1.82) is 0 Å². The van der Waals surface area contributed by atoms with E-state index < -0.39 is 23.6 Å². The Kier molecular flexibility index (Phi) is 5.78. The lowest BCUT2D eigenvalue weighted by Gasteiger charge is -2.37. The number of fused-ring (bicyclic) bond motifs is 1. The highest BCUT2D eigenvalue weighted by Crippen LogP contribution is 2.22. The highest BCUT2D eigenvalue weighted by Gasteiger charge is 2.32. The molecule has 0 aromatic carbocycles. The lowest BCUT2D eigenvalue weighted by atomic mass is 10.2. The van der Waals surface area contributed by atoms with Gasteiger partial charge in [0.05, 0.1) is 12.7 Å². The third-order valence-electron chi connectivity index (χ3n) is 4.69. The Hall–Kier alpha value is -2.43. The zero-order valence-corrected chi connectivity index (χ0v) is 15.4. The van der Waals surface area contributed by atoms with Crippen LogP contribution in [-0.2, 0) is 11.3 Å². The standard InChI is InChI=1S/C17H26N6O4/c1-3-5-7-21-8-11(10-24)27-12(9-21)23-14-13(15(25)20-16(18)19-14)22(6-4-2)17(23)26/h4,11-12,24H,2-3,5-10H2,1H3,(H3,18,19,20,25). The van der Waals surface area contributed by atoms with Crippen LogP contribution in [0.25, 0.3) is 11.2 Å². The van der Waals surface area contributed by atoms with Gasteiger partial charge in [0, 0.05) is 19.6 Å². The molecule has 2 aromatic rings. The molecule has 2 atom stereocenters. The number of nitrogens with one attached hydrogen (secondary N) is 1. The summed E-state index contributed by atoms with van der Waals surface area (Å²) < 4.78 is 8.58. The number of nitrogen functional groups attached to an aromatic ring is 1. The fourth-order valence-corrected chi connectivity index (χ4v) is 3.46. The van der Waals surface area contributed by atoms with Crippen molar-refractivity contribution in [3.8, 4) is 0 Å². The zero-order valence-electron chi connectivity index (χ0n) is 15.4. The van der Waals surface area contributed by atoms with Crippen molar-refractivity contribution in [3.05, 3.63) is 33.5 Å². The van der Waals surface area contributed by atoms with Crippen LogP contribution in [0.2, 0.25) is 0 Å². The maximum Gasteiger partial charge on any atom is 0.332 e. The van der Waals surface area contributed by atoms with E-state index in [4.69, 9.17) is 10.5 Å². The first-order valence-corrected chi connectivity index (χ1v) is 9.10. The van der Waals surface area contributed by atoms with Gasteiger partial charge in [0.1, 0.15) is 0 Å². The van der Waals surface area contributed by atoms with Gasteiger partial charge >= 0.3 is 5.69 Å². The summed E-state index contributed by atoms with van der Waals surface area (Å²) in [5.74, 6) is -0.0747. The molecule has 148 valence electrons. The number of ether oxygens (including phenoxy) is 1. The molecule has 4 N–H and O–H groups in total. The average molecular weight is 378 g/mol. The fraction of sp³-hybridized carbons (Fsp3) is 0.588. The summed E-state index contributed by atoms with van der Waals surface area (Å²) >= 11 is 0. The van der Waals surface area contributed by atoms with Gasteiger partial charge in [-0.05, 0) is 13.0 Å². The number of hydrogen-bond acceptors (Lipinski definition) is 7. The third-order valence-corrected chi connectivity index (χ3v) is 4.69. The molecule has 0 spiro atoms. The van der Waals surface area contributed by atoms with Gasteiger partial charge in [-0.2, -0.15) is 4.98 Å². The molecule has 1 saturated heterocycles. The Morgan fingerprint density at radius 1 is 1.44 bits per heavy atom. The van der Waals surface area contributed by atoms with Crippen LogP contribution in [0.3, 0.4) is 0 Å². The van der Waals surface area contributed by atoms with Gasteiger partial charge in [0.2, 0.25) is 5.95 Å². The van der Waals surface area contributed by atoms with Crippen LogP contribution in [0.5, 0.6) is 0 Å².